The lowest BCUT2D eigenvalue weighted by atomic mass is 10.1. The maximum absolute atomic E-state index is 5.25. The highest BCUT2D eigenvalue weighted by Crippen LogP contribution is 1.96. The van der Waals surface area contributed by atoms with Crippen molar-refractivity contribution in [2.75, 3.05) is 26.3 Å². The zero-order valence-corrected chi connectivity index (χ0v) is 7.81. The minimum absolute atomic E-state index is 0.187. The summed E-state index contributed by atoms with van der Waals surface area (Å²) in [4.78, 5) is 0. The van der Waals surface area contributed by atoms with E-state index in [0.29, 0.717) is 13.2 Å². The van der Waals surface area contributed by atoms with Crippen LogP contribution in [0.2, 0.25) is 0 Å². The predicted molar refractivity (Wildman–Crippen MR) is 47.6 cm³/mol. The molecule has 0 heterocycles. The molecule has 0 aliphatic heterocycles. The molecule has 0 spiro atoms. The lowest BCUT2D eigenvalue weighted by molar-refractivity contribution is 0.138. The average Bonchev–Trinajstić information content (AvgIpc) is 1.85. The van der Waals surface area contributed by atoms with Crippen molar-refractivity contribution in [3.05, 3.63) is 0 Å². The molecule has 3 N–H and O–H groups in total. The molecule has 68 valence electrons. The molecule has 0 aliphatic rings. The second-order valence-corrected chi connectivity index (χ2v) is 3.58. The summed E-state index contributed by atoms with van der Waals surface area (Å²) in [6.07, 6.45) is 0. The summed E-state index contributed by atoms with van der Waals surface area (Å²) >= 11 is 0. The van der Waals surface area contributed by atoms with Crippen molar-refractivity contribution in [1.29, 1.82) is 0 Å². The lowest BCUT2D eigenvalue weighted by Gasteiger charge is -2.20. The molecule has 3 heteroatoms. The molecule has 0 aliphatic carbocycles. The molecule has 0 saturated heterocycles. The van der Waals surface area contributed by atoms with Crippen LogP contribution in [-0.2, 0) is 4.74 Å². The van der Waals surface area contributed by atoms with E-state index in [1.54, 1.807) is 0 Å². The van der Waals surface area contributed by atoms with Crippen molar-refractivity contribution < 1.29 is 4.74 Å². The van der Waals surface area contributed by atoms with Crippen LogP contribution < -0.4 is 11.1 Å². The molecule has 3 nitrogen and oxygen atoms in total. The Bertz CT molecular complexity index is 88.6. The molecule has 11 heavy (non-hydrogen) atoms. The quantitative estimate of drug-likeness (QED) is 0.570. The first kappa shape index (κ1) is 10.9. The topological polar surface area (TPSA) is 47.3 Å². The number of nitrogens with one attached hydrogen (secondary N) is 1. The van der Waals surface area contributed by atoms with Crippen LogP contribution in [0.1, 0.15) is 20.8 Å². The number of ether oxygens (including phenoxy) is 1. The van der Waals surface area contributed by atoms with Gasteiger partial charge in [-0.25, -0.2) is 0 Å². The van der Waals surface area contributed by atoms with E-state index in [2.05, 4.69) is 26.1 Å². The molecule has 0 radical (unpaired) electrons. The summed E-state index contributed by atoms with van der Waals surface area (Å²) in [5.41, 5.74) is 5.44. The highest BCUT2D eigenvalue weighted by molar-refractivity contribution is 4.69. The van der Waals surface area contributed by atoms with E-state index < -0.39 is 0 Å². The predicted octanol–water partition coefficient (Wildman–Crippen LogP) is 0.350. The first-order valence-electron chi connectivity index (χ1n) is 4.09. The third-order valence-electron chi connectivity index (χ3n) is 1.16. The normalized spacial score (nSPS) is 12.0. The van der Waals surface area contributed by atoms with Gasteiger partial charge in [0.2, 0.25) is 0 Å². The van der Waals surface area contributed by atoms with E-state index in [9.17, 15) is 0 Å². The largest absolute Gasteiger partial charge is 0.379 e. The fraction of sp³-hybridized carbons (Fsp3) is 1.00. The standard InChI is InChI=1S/C8H20N2O/c1-8(2,3)10-5-7-11-6-4-9/h10H,4-7,9H2,1-3H3. The van der Waals surface area contributed by atoms with Gasteiger partial charge in [0.15, 0.2) is 0 Å². The summed E-state index contributed by atoms with van der Waals surface area (Å²) in [5.74, 6) is 0. The molecule has 0 aromatic rings. The van der Waals surface area contributed by atoms with Gasteiger partial charge < -0.3 is 15.8 Å². The van der Waals surface area contributed by atoms with Gasteiger partial charge in [-0.3, -0.25) is 0 Å². The van der Waals surface area contributed by atoms with Gasteiger partial charge in [-0.2, -0.15) is 0 Å². The minimum atomic E-state index is 0.187. The zero-order valence-electron chi connectivity index (χ0n) is 7.81. The molecular weight excluding hydrogens is 140 g/mol. The third kappa shape index (κ3) is 9.88. The van der Waals surface area contributed by atoms with Gasteiger partial charge in [0, 0.05) is 18.6 Å². The van der Waals surface area contributed by atoms with Gasteiger partial charge in [-0.1, -0.05) is 0 Å². The van der Waals surface area contributed by atoms with Crippen molar-refractivity contribution >= 4 is 0 Å². The van der Waals surface area contributed by atoms with Gasteiger partial charge in [0.25, 0.3) is 0 Å². The van der Waals surface area contributed by atoms with E-state index in [1.807, 2.05) is 0 Å². The van der Waals surface area contributed by atoms with Gasteiger partial charge in [-0.15, -0.1) is 0 Å². The van der Waals surface area contributed by atoms with Crippen molar-refractivity contribution in [3.63, 3.8) is 0 Å². The molecule has 0 unspecified atom stereocenters. The monoisotopic (exact) mass is 160 g/mol. The van der Waals surface area contributed by atoms with E-state index in [4.69, 9.17) is 10.5 Å². The second kappa shape index (κ2) is 5.52. The molecule has 0 atom stereocenters. The van der Waals surface area contributed by atoms with E-state index in [0.717, 1.165) is 13.2 Å². The molecule has 0 fully saturated rings. The SMILES string of the molecule is CC(C)(C)NCCOCCN. The molecule has 0 rings (SSSR count). The van der Waals surface area contributed by atoms with Gasteiger partial charge in [-0.05, 0) is 20.8 Å². The van der Waals surface area contributed by atoms with Crippen molar-refractivity contribution in [1.82, 2.24) is 5.32 Å². The highest BCUT2D eigenvalue weighted by atomic mass is 16.5. The Kier molecular flexibility index (Phi) is 5.46. The number of rotatable bonds is 5. The maximum Gasteiger partial charge on any atom is 0.0591 e. The van der Waals surface area contributed by atoms with Crippen LogP contribution in [0, 0.1) is 0 Å². The van der Waals surface area contributed by atoms with Gasteiger partial charge in [0.1, 0.15) is 0 Å². The molecule has 0 aromatic carbocycles. The summed E-state index contributed by atoms with van der Waals surface area (Å²) in [6, 6.07) is 0. The smallest absolute Gasteiger partial charge is 0.0591 e. The molecular formula is C8H20N2O. The molecule has 0 bridgehead atoms. The summed E-state index contributed by atoms with van der Waals surface area (Å²) in [5, 5.41) is 3.31. The van der Waals surface area contributed by atoms with Crippen molar-refractivity contribution in [2.45, 2.75) is 26.3 Å². The number of nitrogens with two attached hydrogens (primary N) is 1. The fourth-order valence-electron chi connectivity index (χ4n) is 0.684. The van der Waals surface area contributed by atoms with Crippen molar-refractivity contribution in [2.24, 2.45) is 5.73 Å². The van der Waals surface area contributed by atoms with E-state index >= 15 is 0 Å². The van der Waals surface area contributed by atoms with Crippen LogP contribution in [0.3, 0.4) is 0 Å². The molecule has 0 amide bonds. The number of hydrogen-bond acceptors (Lipinski definition) is 3. The lowest BCUT2D eigenvalue weighted by Crippen LogP contribution is -2.38. The van der Waals surface area contributed by atoms with E-state index in [-0.39, 0.29) is 5.54 Å². The Morgan fingerprint density at radius 2 is 1.91 bits per heavy atom. The van der Waals surface area contributed by atoms with Crippen LogP contribution in [0.5, 0.6) is 0 Å². The van der Waals surface area contributed by atoms with Crippen LogP contribution in [0.15, 0.2) is 0 Å². The molecule has 0 saturated carbocycles. The highest BCUT2D eigenvalue weighted by Gasteiger charge is 2.06. The first-order chi connectivity index (χ1) is 5.06. The van der Waals surface area contributed by atoms with Crippen LogP contribution >= 0.6 is 0 Å². The Balaban J connectivity index is 3.02. The van der Waals surface area contributed by atoms with Gasteiger partial charge in [0.05, 0.1) is 13.2 Å². The fourth-order valence-corrected chi connectivity index (χ4v) is 0.684. The summed E-state index contributed by atoms with van der Waals surface area (Å²) in [6.45, 7) is 9.31. The summed E-state index contributed by atoms with van der Waals surface area (Å²) < 4.78 is 5.19. The van der Waals surface area contributed by atoms with Gasteiger partial charge >= 0.3 is 0 Å². The zero-order chi connectivity index (χ0) is 8.74. The minimum Gasteiger partial charge on any atom is -0.379 e. The Morgan fingerprint density at radius 3 is 2.36 bits per heavy atom. The third-order valence-corrected chi connectivity index (χ3v) is 1.16. The van der Waals surface area contributed by atoms with Crippen LogP contribution in [0.4, 0.5) is 0 Å². The van der Waals surface area contributed by atoms with Crippen LogP contribution in [-0.4, -0.2) is 31.8 Å². The Labute approximate surface area is 69.3 Å². The molecule has 0 aromatic heterocycles. The Morgan fingerprint density at radius 1 is 1.27 bits per heavy atom. The van der Waals surface area contributed by atoms with Crippen molar-refractivity contribution in [3.8, 4) is 0 Å². The van der Waals surface area contributed by atoms with E-state index in [1.165, 1.54) is 0 Å². The summed E-state index contributed by atoms with van der Waals surface area (Å²) in [7, 11) is 0. The second-order valence-electron chi connectivity index (χ2n) is 3.58. The number of hydrogen-bond donors (Lipinski definition) is 2. The maximum atomic E-state index is 5.25. The van der Waals surface area contributed by atoms with Crippen LogP contribution in [0.25, 0.3) is 0 Å². The Hall–Kier alpha value is -0.120. The average molecular weight is 160 g/mol. The first-order valence-corrected chi connectivity index (χ1v) is 4.09.